The third kappa shape index (κ3) is 4.25. The quantitative estimate of drug-likeness (QED) is 0.904. The molecular weight excluding hydrogens is 300 g/mol. The van der Waals surface area contributed by atoms with Gasteiger partial charge in [-0.1, -0.05) is 28.1 Å². The van der Waals surface area contributed by atoms with Gasteiger partial charge in [-0.15, -0.1) is 12.4 Å². The highest BCUT2D eigenvalue weighted by Crippen LogP contribution is 2.34. The molecule has 0 heterocycles. The van der Waals surface area contributed by atoms with Crippen molar-refractivity contribution in [1.29, 1.82) is 0 Å². The van der Waals surface area contributed by atoms with Gasteiger partial charge in [-0.2, -0.15) is 0 Å². The molecule has 0 saturated heterocycles. The minimum atomic E-state index is 0. The first kappa shape index (κ1) is 15.0. The third-order valence-corrected chi connectivity index (χ3v) is 3.85. The molecule has 1 aromatic rings. The van der Waals surface area contributed by atoms with Crippen LogP contribution in [0.4, 0.5) is 0 Å². The average Bonchev–Trinajstić information content (AvgIpc) is 3.07. The lowest BCUT2D eigenvalue weighted by molar-refractivity contribution is 0.215. The van der Waals surface area contributed by atoms with Crippen molar-refractivity contribution in [3.05, 3.63) is 34.3 Å². The van der Waals surface area contributed by atoms with Gasteiger partial charge in [-0.3, -0.25) is 4.90 Å². The number of hydrogen-bond donors (Lipinski definition) is 1. The molecule has 1 aliphatic carbocycles. The van der Waals surface area contributed by atoms with Crippen molar-refractivity contribution in [2.24, 2.45) is 11.7 Å². The topological polar surface area (TPSA) is 29.3 Å². The highest BCUT2D eigenvalue weighted by Gasteiger charge is 2.32. The Labute approximate surface area is 118 Å². The van der Waals surface area contributed by atoms with Crippen LogP contribution in [0.3, 0.4) is 0 Å². The first-order valence-corrected chi connectivity index (χ1v) is 6.64. The Morgan fingerprint density at radius 2 is 1.94 bits per heavy atom. The molecule has 0 aromatic heterocycles. The van der Waals surface area contributed by atoms with Gasteiger partial charge >= 0.3 is 0 Å². The third-order valence-electron chi connectivity index (χ3n) is 3.32. The van der Waals surface area contributed by atoms with Crippen LogP contribution in [0.1, 0.15) is 18.4 Å². The Bertz CT molecular complexity index is 338. The van der Waals surface area contributed by atoms with Crippen molar-refractivity contribution in [3.8, 4) is 0 Å². The van der Waals surface area contributed by atoms with E-state index in [1.807, 2.05) is 0 Å². The summed E-state index contributed by atoms with van der Waals surface area (Å²) in [5.41, 5.74) is 7.19. The van der Waals surface area contributed by atoms with Crippen molar-refractivity contribution in [3.63, 3.8) is 0 Å². The largest absolute Gasteiger partial charge is 0.329 e. The van der Waals surface area contributed by atoms with E-state index < -0.39 is 0 Å². The van der Waals surface area contributed by atoms with E-state index in [1.165, 1.54) is 18.4 Å². The molecule has 4 heteroatoms. The fourth-order valence-electron chi connectivity index (χ4n) is 2.21. The van der Waals surface area contributed by atoms with E-state index in [0.717, 1.165) is 23.5 Å². The number of likely N-dealkylation sites (N-methyl/N-ethyl adjacent to an activating group) is 1. The van der Waals surface area contributed by atoms with Crippen LogP contribution in [-0.2, 0) is 6.54 Å². The molecule has 1 atom stereocenters. The van der Waals surface area contributed by atoms with Crippen LogP contribution in [0, 0.1) is 5.92 Å². The minimum absolute atomic E-state index is 0. The van der Waals surface area contributed by atoms with E-state index in [2.05, 4.69) is 52.1 Å². The van der Waals surface area contributed by atoms with Crippen LogP contribution in [0.15, 0.2) is 28.7 Å². The number of halogens is 2. The maximum Gasteiger partial charge on any atom is 0.0247 e. The average molecular weight is 320 g/mol. The van der Waals surface area contributed by atoms with Crippen molar-refractivity contribution < 1.29 is 0 Å². The molecule has 2 N–H and O–H groups in total. The van der Waals surface area contributed by atoms with E-state index >= 15 is 0 Å². The minimum Gasteiger partial charge on any atom is -0.329 e. The molecular formula is C13H20BrClN2. The lowest BCUT2D eigenvalue weighted by atomic mass is 10.1. The Kier molecular flexibility index (Phi) is 5.93. The van der Waals surface area contributed by atoms with Gasteiger partial charge in [-0.25, -0.2) is 0 Å². The summed E-state index contributed by atoms with van der Waals surface area (Å²) in [6, 6.07) is 9.08. The number of benzene rings is 1. The number of nitrogens with two attached hydrogens (primary N) is 1. The van der Waals surface area contributed by atoms with Gasteiger partial charge in [0.25, 0.3) is 0 Å². The highest BCUT2D eigenvalue weighted by atomic mass is 79.9. The molecule has 1 aliphatic rings. The van der Waals surface area contributed by atoms with Gasteiger partial charge in [-0.05, 0) is 43.5 Å². The second-order valence-electron chi connectivity index (χ2n) is 4.68. The predicted molar refractivity (Wildman–Crippen MR) is 78.4 cm³/mol. The molecule has 1 fully saturated rings. The summed E-state index contributed by atoms with van der Waals surface area (Å²) in [7, 11) is 2.18. The smallest absolute Gasteiger partial charge is 0.0247 e. The van der Waals surface area contributed by atoms with Crippen molar-refractivity contribution in [2.45, 2.75) is 25.4 Å². The molecule has 0 aliphatic heterocycles. The number of nitrogens with zero attached hydrogens (tertiary/aromatic N) is 1. The molecule has 2 rings (SSSR count). The summed E-state index contributed by atoms with van der Waals surface area (Å²) < 4.78 is 1.14. The molecule has 0 spiro atoms. The predicted octanol–water partition coefficient (Wildman–Crippen LogP) is 3.04. The van der Waals surface area contributed by atoms with Crippen molar-refractivity contribution in [2.75, 3.05) is 13.6 Å². The molecule has 1 aromatic carbocycles. The van der Waals surface area contributed by atoms with Gasteiger partial charge in [0.1, 0.15) is 0 Å². The van der Waals surface area contributed by atoms with E-state index in [-0.39, 0.29) is 12.4 Å². The number of hydrogen-bond acceptors (Lipinski definition) is 2. The highest BCUT2D eigenvalue weighted by molar-refractivity contribution is 9.10. The summed E-state index contributed by atoms with van der Waals surface area (Å²) in [4.78, 5) is 2.39. The van der Waals surface area contributed by atoms with E-state index in [4.69, 9.17) is 5.73 Å². The van der Waals surface area contributed by atoms with Gasteiger partial charge in [0, 0.05) is 23.6 Å². The standard InChI is InChI=1S/C13H19BrN2.ClH/c1-16(13(8-15)11-4-5-11)9-10-2-6-12(14)7-3-10;/h2-3,6-7,11,13H,4-5,8-9,15H2,1H3;1H. The van der Waals surface area contributed by atoms with Gasteiger partial charge in [0.15, 0.2) is 0 Å². The first-order valence-electron chi connectivity index (χ1n) is 5.85. The zero-order chi connectivity index (χ0) is 11.5. The summed E-state index contributed by atoms with van der Waals surface area (Å²) in [5, 5.41) is 0. The molecule has 96 valence electrons. The molecule has 2 nitrogen and oxygen atoms in total. The van der Waals surface area contributed by atoms with Crippen LogP contribution in [-0.4, -0.2) is 24.5 Å². The van der Waals surface area contributed by atoms with E-state index in [0.29, 0.717) is 6.04 Å². The second kappa shape index (κ2) is 6.74. The monoisotopic (exact) mass is 318 g/mol. The van der Waals surface area contributed by atoms with Crippen molar-refractivity contribution >= 4 is 28.3 Å². The maximum atomic E-state index is 5.84. The zero-order valence-corrected chi connectivity index (χ0v) is 12.5. The Morgan fingerprint density at radius 1 is 1.35 bits per heavy atom. The Morgan fingerprint density at radius 3 is 2.41 bits per heavy atom. The van der Waals surface area contributed by atoms with Gasteiger partial charge in [0.05, 0.1) is 0 Å². The lowest BCUT2D eigenvalue weighted by Crippen LogP contribution is -2.39. The SMILES string of the molecule is CN(Cc1ccc(Br)cc1)C(CN)C1CC1.Cl. The molecule has 17 heavy (non-hydrogen) atoms. The molecule has 0 amide bonds. The Hall–Kier alpha value is -0.0900. The molecule has 0 bridgehead atoms. The summed E-state index contributed by atoms with van der Waals surface area (Å²) in [5.74, 6) is 0.838. The van der Waals surface area contributed by atoms with Crippen LogP contribution in [0.25, 0.3) is 0 Å². The molecule has 0 radical (unpaired) electrons. The first-order chi connectivity index (χ1) is 7.70. The fourth-order valence-corrected chi connectivity index (χ4v) is 2.47. The molecule has 1 unspecified atom stereocenters. The van der Waals surface area contributed by atoms with Crippen LogP contribution < -0.4 is 5.73 Å². The fraction of sp³-hybridized carbons (Fsp3) is 0.538. The summed E-state index contributed by atoms with van der Waals surface area (Å²) in [6.07, 6.45) is 2.71. The van der Waals surface area contributed by atoms with E-state index in [1.54, 1.807) is 0 Å². The van der Waals surface area contributed by atoms with Crippen LogP contribution in [0.2, 0.25) is 0 Å². The normalized spacial score (nSPS) is 16.7. The molecule has 1 saturated carbocycles. The van der Waals surface area contributed by atoms with Crippen LogP contribution in [0.5, 0.6) is 0 Å². The second-order valence-corrected chi connectivity index (χ2v) is 5.60. The maximum absolute atomic E-state index is 5.84. The van der Waals surface area contributed by atoms with Crippen molar-refractivity contribution in [1.82, 2.24) is 4.90 Å². The van der Waals surface area contributed by atoms with Gasteiger partial charge < -0.3 is 5.73 Å². The Balaban J connectivity index is 0.00000144. The summed E-state index contributed by atoms with van der Waals surface area (Å²) >= 11 is 3.45. The zero-order valence-electron chi connectivity index (χ0n) is 10.1. The summed E-state index contributed by atoms with van der Waals surface area (Å²) in [6.45, 7) is 1.77. The van der Waals surface area contributed by atoms with Crippen LogP contribution >= 0.6 is 28.3 Å². The number of rotatable bonds is 5. The van der Waals surface area contributed by atoms with E-state index in [9.17, 15) is 0 Å². The van der Waals surface area contributed by atoms with Gasteiger partial charge in [0.2, 0.25) is 0 Å². The lowest BCUT2D eigenvalue weighted by Gasteiger charge is -2.27.